The van der Waals surface area contributed by atoms with Crippen molar-refractivity contribution in [3.8, 4) is 5.75 Å². The third-order valence-corrected chi connectivity index (χ3v) is 3.62. The molecule has 0 saturated heterocycles. The van der Waals surface area contributed by atoms with Crippen molar-refractivity contribution in [3.05, 3.63) is 29.3 Å². The van der Waals surface area contributed by atoms with E-state index in [1.807, 2.05) is 6.92 Å². The number of hydrogen-bond donors (Lipinski definition) is 3. The van der Waals surface area contributed by atoms with Gasteiger partial charge in [-0.25, -0.2) is 0 Å². The molecule has 3 N–H and O–H groups in total. The minimum absolute atomic E-state index is 0.0134. The van der Waals surface area contributed by atoms with Crippen LogP contribution in [0.1, 0.15) is 35.2 Å². The first-order chi connectivity index (χ1) is 8.56. The van der Waals surface area contributed by atoms with Gasteiger partial charge in [-0.3, -0.25) is 4.79 Å². The Hall–Kier alpha value is -1.55. The molecular formula is C14H19NO3. The van der Waals surface area contributed by atoms with Crippen molar-refractivity contribution >= 4 is 5.91 Å². The second kappa shape index (κ2) is 4.98. The Bertz CT molecular complexity index is 452. The lowest BCUT2D eigenvalue weighted by atomic mass is 10.0. The molecule has 0 radical (unpaired) electrons. The Morgan fingerprint density at radius 3 is 2.72 bits per heavy atom. The number of nitrogens with one attached hydrogen (secondary N) is 1. The highest BCUT2D eigenvalue weighted by Gasteiger charge is 2.41. The second-order valence-electron chi connectivity index (χ2n) is 5.18. The summed E-state index contributed by atoms with van der Waals surface area (Å²) >= 11 is 0. The fraction of sp³-hybridized carbons (Fsp3) is 0.500. The van der Waals surface area contributed by atoms with Crippen LogP contribution in [0.4, 0.5) is 0 Å². The molecule has 4 heteroatoms. The Morgan fingerprint density at radius 2 is 2.17 bits per heavy atom. The van der Waals surface area contributed by atoms with Crippen LogP contribution in [0.2, 0.25) is 0 Å². The number of amides is 1. The summed E-state index contributed by atoms with van der Waals surface area (Å²) in [5.41, 5.74) is 1.31. The minimum Gasteiger partial charge on any atom is -0.507 e. The quantitative estimate of drug-likeness (QED) is 0.742. The Balaban J connectivity index is 1.96. The number of hydrogen-bond acceptors (Lipinski definition) is 3. The SMILES string of the molecule is Cc1ccc(C(=O)NCC2(CCO)CC2)c(O)c1. The molecule has 0 aliphatic heterocycles. The number of aryl methyl sites for hydroxylation is 1. The summed E-state index contributed by atoms with van der Waals surface area (Å²) in [6.07, 6.45) is 2.83. The molecule has 1 fully saturated rings. The van der Waals surface area contributed by atoms with Crippen molar-refractivity contribution in [1.29, 1.82) is 0 Å². The number of carbonyl (C=O) groups is 1. The van der Waals surface area contributed by atoms with Crippen LogP contribution in [0.3, 0.4) is 0 Å². The zero-order valence-corrected chi connectivity index (χ0v) is 10.6. The van der Waals surface area contributed by atoms with E-state index in [2.05, 4.69) is 5.32 Å². The normalized spacial score (nSPS) is 16.3. The van der Waals surface area contributed by atoms with Crippen LogP contribution in [0, 0.1) is 12.3 Å². The summed E-state index contributed by atoms with van der Waals surface area (Å²) in [5, 5.41) is 21.5. The van der Waals surface area contributed by atoms with Gasteiger partial charge in [0.1, 0.15) is 5.75 Å². The standard InChI is InChI=1S/C14H19NO3/c1-10-2-3-11(12(17)8-10)13(18)15-9-14(4-5-14)6-7-16/h2-3,8,16-17H,4-7,9H2,1H3,(H,15,18). The van der Waals surface area contributed by atoms with Gasteiger partial charge < -0.3 is 15.5 Å². The molecular weight excluding hydrogens is 230 g/mol. The molecule has 0 aromatic heterocycles. The van der Waals surface area contributed by atoms with E-state index in [4.69, 9.17) is 5.11 Å². The Morgan fingerprint density at radius 1 is 1.44 bits per heavy atom. The van der Waals surface area contributed by atoms with Gasteiger partial charge in [0.05, 0.1) is 5.56 Å². The van der Waals surface area contributed by atoms with Gasteiger partial charge in [-0.2, -0.15) is 0 Å². The molecule has 0 heterocycles. The zero-order valence-electron chi connectivity index (χ0n) is 10.6. The summed E-state index contributed by atoms with van der Waals surface area (Å²) in [5.74, 6) is -0.240. The Kier molecular flexibility index (Phi) is 3.57. The molecule has 1 amide bonds. The maximum Gasteiger partial charge on any atom is 0.255 e. The number of phenolic OH excluding ortho intramolecular Hbond substituents is 1. The summed E-state index contributed by atoms with van der Waals surface area (Å²) in [4.78, 5) is 11.9. The highest BCUT2D eigenvalue weighted by Crippen LogP contribution is 2.47. The summed E-state index contributed by atoms with van der Waals surface area (Å²) in [6, 6.07) is 5.01. The summed E-state index contributed by atoms with van der Waals surface area (Å²) in [6.45, 7) is 2.59. The third-order valence-electron chi connectivity index (χ3n) is 3.62. The van der Waals surface area contributed by atoms with Crippen molar-refractivity contribution < 1.29 is 15.0 Å². The van der Waals surface area contributed by atoms with Crippen LogP contribution < -0.4 is 5.32 Å². The molecule has 0 unspecified atom stereocenters. The number of benzene rings is 1. The Labute approximate surface area is 107 Å². The number of rotatable bonds is 5. The van der Waals surface area contributed by atoms with Crippen LogP contribution in [-0.2, 0) is 0 Å². The number of aromatic hydroxyl groups is 1. The molecule has 0 atom stereocenters. The molecule has 0 spiro atoms. The van der Waals surface area contributed by atoms with Crippen LogP contribution in [0.25, 0.3) is 0 Å². The molecule has 4 nitrogen and oxygen atoms in total. The van der Waals surface area contributed by atoms with E-state index in [-0.39, 0.29) is 23.7 Å². The number of carbonyl (C=O) groups excluding carboxylic acids is 1. The highest BCUT2D eigenvalue weighted by atomic mass is 16.3. The van der Waals surface area contributed by atoms with Gasteiger partial charge in [0.15, 0.2) is 0 Å². The number of aliphatic hydroxyl groups is 1. The number of aliphatic hydroxyl groups excluding tert-OH is 1. The monoisotopic (exact) mass is 249 g/mol. The molecule has 1 aromatic carbocycles. The van der Waals surface area contributed by atoms with E-state index in [9.17, 15) is 9.90 Å². The fourth-order valence-electron chi connectivity index (χ4n) is 2.13. The molecule has 98 valence electrons. The van der Waals surface area contributed by atoms with Crippen molar-refractivity contribution in [2.24, 2.45) is 5.41 Å². The van der Waals surface area contributed by atoms with Gasteiger partial charge >= 0.3 is 0 Å². The average molecular weight is 249 g/mol. The van der Waals surface area contributed by atoms with Gasteiger partial charge in [-0.05, 0) is 49.3 Å². The van der Waals surface area contributed by atoms with Crippen molar-refractivity contribution in [2.75, 3.05) is 13.2 Å². The summed E-state index contributed by atoms with van der Waals surface area (Å²) < 4.78 is 0. The molecule has 1 aliphatic rings. The van der Waals surface area contributed by atoms with Gasteiger partial charge in [-0.1, -0.05) is 6.07 Å². The number of phenols is 1. The first-order valence-corrected chi connectivity index (χ1v) is 6.25. The van der Waals surface area contributed by atoms with E-state index in [0.29, 0.717) is 12.1 Å². The lowest BCUT2D eigenvalue weighted by Gasteiger charge is -2.15. The van der Waals surface area contributed by atoms with E-state index < -0.39 is 0 Å². The van der Waals surface area contributed by atoms with Crippen LogP contribution in [-0.4, -0.2) is 29.3 Å². The first kappa shape index (κ1) is 12.9. The molecule has 2 rings (SSSR count). The van der Waals surface area contributed by atoms with Crippen molar-refractivity contribution in [1.82, 2.24) is 5.32 Å². The van der Waals surface area contributed by atoms with E-state index in [1.54, 1.807) is 18.2 Å². The first-order valence-electron chi connectivity index (χ1n) is 6.25. The smallest absolute Gasteiger partial charge is 0.255 e. The molecule has 1 saturated carbocycles. The fourth-order valence-corrected chi connectivity index (χ4v) is 2.13. The lowest BCUT2D eigenvalue weighted by Crippen LogP contribution is -2.30. The van der Waals surface area contributed by atoms with Crippen molar-refractivity contribution in [2.45, 2.75) is 26.2 Å². The lowest BCUT2D eigenvalue weighted by molar-refractivity contribution is 0.0938. The average Bonchev–Trinajstić information content (AvgIpc) is 3.07. The maximum absolute atomic E-state index is 11.9. The topological polar surface area (TPSA) is 69.6 Å². The molecule has 1 aliphatic carbocycles. The predicted octanol–water partition coefficient (Wildman–Crippen LogP) is 1.59. The van der Waals surface area contributed by atoms with Crippen LogP contribution >= 0.6 is 0 Å². The van der Waals surface area contributed by atoms with Crippen LogP contribution in [0.15, 0.2) is 18.2 Å². The molecule has 0 bridgehead atoms. The zero-order chi connectivity index (χ0) is 13.2. The van der Waals surface area contributed by atoms with E-state index in [1.165, 1.54) is 0 Å². The predicted molar refractivity (Wildman–Crippen MR) is 68.5 cm³/mol. The highest BCUT2D eigenvalue weighted by molar-refractivity contribution is 5.96. The largest absolute Gasteiger partial charge is 0.507 e. The van der Waals surface area contributed by atoms with Gasteiger partial charge in [-0.15, -0.1) is 0 Å². The molecule has 1 aromatic rings. The maximum atomic E-state index is 11.9. The summed E-state index contributed by atoms with van der Waals surface area (Å²) in [7, 11) is 0. The van der Waals surface area contributed by atoms with Gasteiger partial charge in [0, 0.05) is 13.2 Å². The second-order valence-corrected chi connectivity index (χ2v) is 5.18. The third kappa shape index (κ3) is 2.82. The van der Waals surface area contributed by atoms with Gasteiger partial charge in [0.25, 0.3) is 5.91 Å². The minimum atomic E-state index is -0.253. The van der Waals surface area contributed by atoms with Crippen LogP contribution in [0.5, 0.6) is 5.75 Å². The van der Waals surface area contributed by atoms with E-state index >= 15 is 0 Å². The van der Waals surface area contributed by atoms with Gasteiger partial charge in [0.2, 0.25) is 0 Å². The molecule has 18 heavy (non-hydrogen) atoms. The van der Waals surface area contributed by atoms with E-state index in [0.717, 1.165) is 24.8 Å². The van der Waals surface area contributed by atoms with Crippen molar-refractivity contribution in [3.63, 3.8) is 0 Å².